The third-order valence-electron chi connectivity index (χ3n) is 4.78. The van der Waals surface area contributed by atoms with Gasteiger partial charge in [0.2, 0.25) is 0 Å². The average molecular weight is 412 g/mol. The van der Waals surface area contributed by atoms with Crippen molar-refractivity contribution in [3.8, 4) is 11.3 Å². The molecule has 8 heteroatoms. The van der Waals surface area contributed by atoms with E-state index in [2.05, 4.69) is 20.4 Å². The second-order valence-corrected chi connectivity index (χ2v) is 7.13. The highest BCUT2D eigenvalue weighted by Gasteiger charge is 2.22. The molecular formula is C21H19ClFN5O. The molecule has 1 saturated heterocycles. The van der Waals surface area contributed by atoms with Gasteiger partial charge in [-0.2, -0.15) is 0 Å². The number of hydrogen-bond donors (Lipinski definition) is 1. The third-order valence-corrected chi connectivity index (χ3v) is 5.03. The normalized spacial score (nSPS) is 14.0. The molecular weight excluding hydrogens is 393 g/mol. The van der Waals surface area contributed by atoms with Crippen LogP contribution in [-0.2, 0) is 0 Å². The fraction of sp³-hybridized carbons (Fsp3) is 0.190. The molecule has 0 aliphatic carbocycles. The van der Waals surface area contributed by atoms with E-state index in [1.54, 1.807) is 41.3 Å². The Morgan fingerprint density at radius 2 is 1.59 bits per heavy atom. The van der Waals surface area contributed by atoms with Gasteiger partial charge >= 0.3 is 6.03 Å². The average Bonchev–Trinajstić information content (AvgIpc) is 2.76. The Morgan fingerprint density at radius 3 is 2.21 bits per heavy atom. The molecule has 1 aromatic heterocycles. The van der Waals surface area contributed by atoms with Crippen molar-refractivity contribution in [1.29, 1.82) is 0 Å². The topological polar surface area (TPSA) is 61.4 Å². The van der Waals surface area contributed by atoms with Crippen LogP contribution in [0.1, 0.15) is 0 Å². The smallest absolute Gasteiger partial charge is 0.321 e. The molecule has 0 spiro atoms. The van der Waals surface area contributed by atoms with Crippen LogP contribution < -0.4 is 10.2 Å². The number of carbonyl (C=O) groups is 1. The van der Waals surface area contributed by atoms with Crippen LogP contribution in [0.4, 0.5) is 20.7 Å². The number of amides is 2. The van der Waals surface area contributed by atoms with Gasteiger partial charge in [0.1, 0.15) is 5.82 Å². The lowest BCUT2D eigenvalue weighted by atomic mass is 10.1. The highest BCUT2D eigenvalue weighted by Crippen LogP contribution is 2.20. The first-order valence-corrected chi connectivity index (χ1v) is 9.62. The summed E-state index contributed by atoms with van der Waals surface area (Å²) in [4.78, 5) is 16.3. The number of aromatic nitrogens is 2. The number of carbonyl (C=O) groups excluding carboxylic acids is 1. The minimum atomic E-state index is -0.281. The van der Waals surface area contributed by atoms with Crippen molar-refractivity contribution in [2.45, 2.75) is 0 Å². The van der Waals surface area contributed by atoms with Gasteiger partial charge in [0.15, 0.2) is 5.82 Å². The number of rotatable bonds is 3. The van der Waals surface area contributed by atoms with Crippen molar-refractivity contribution in [3.63, 3.8) is 0 Å². The van der Waals surface area contributed by atoms with Crippen LogP contribution in [0, 0.1) is 5.82 Å². The molecule has 3 aromatic rings. The molecule has 0 bridgehead atoms. The standard InChI is InChI=1S/C21H19ClFN5O/c22-16-3-7-18(8-4-16)24-21(29)28-13-11-27(12-14-28)20-10-9-19(25-26-20)15-1-5-17(23)6-2-15/h1-10H,11-14H2,(H,24,29). The Labute approximate surface area is 172 Å². The molecule has 6 nitrogen and oxygen atoms in total. The fourth-order valence-electron chi connectivity index (χ4n) is 3.14. The lowest BCUT2D eigenvalue weighted by Gasteiger charge is -2.35. The molecule has 1 aliphatic rings. The number of benzene rings is 2. The van der Waals surface area contributed by atoms with Crippen molar-refractivity contribution in [2.75, 3.05) is 36.4 Å². The first kappa shape index (κ1) is 19.1. The summed E-state index contributed by atoms with van der Waals surface area (Å²) in [5.41, 5.74) is 2.22. The molecule has 0 saturated carbocycles. The van der Waals surface area contributed by atoms with E-state index < -0.39 is 0 Å². The largest absolute Gasteiger partial charge is 0.352 e. The first-order chi connectivity index (χ1) is 14.1. The highest BCUT2D eigenvalue weighted by atomic mass is 35.5. The van der Waals surface area contributed by atoms with Gasteiger partial charge in [-0.25, -0.2) is 9.18 Å². The van der Waals surface area contributed by atoms with Crippen LogP contribution in [0.3, 0.4) is 0 Å². The Bertz CT molecular complexity index is 971. The molecule has 29 heavy (non-hydrogen) atoms. The van der Waals surface area contributed by atoms with Crippen molar-refractivity contribution >= 4 is 29.1 Å². The molecule has 1 fully saturated rings. The number of urea groups is 1. The van der Waals surface area contributed by atoms with Crippen LogP contribution in [0.5, 0.6) is 0 Å². The lowest BCUT2D eigenvalue weighted by Crippen LogP contribution is -2.50. The predicted octanol–water partition coefficient (Wildman–Crippen LogP) is 4.29. The van der Waals surface area contributed by atoms with Gasteiger partial charge in [-0.3, -0.25) is 0 Å². The monoisotopic (exact) mass is 411 g/mol. The van der Waals surface area contributed by atoms with E-state index in [1.807, 2.05) is 12.1 Å². The number of piperazine rings is 1. The summed E-state index contributed by atoms with van der Waals surface area (Å²) in [5.74, 6) is 0.477. The van der Waals surface area contributed by atoms with Gasteiger partial charge in [-0.05, 0) is 60.7 Å². The maximum absolute atomic E-state index is 13.1. The highest BCUT2D eigenvalue weighted by molar-refractivity contribution is 6.30. The van der Waals surface area contributed by atoms with Gasteiger partial charge in [0.05, 0.1) is 5.69 Å². The molecule has 1 N–H and O–H groups in total. The minimum Gasteiger partial charge on any atom is -0.352 e. The van der Waals surface area contributed by atoms with Gasteiger partial charge < -0.3 is 15.1 Å². The second kappa shape index (κ2) is 8.45. The van der Waals surface area contributed by atoms with E-state index in [9.17, 15) is 9.18 Å². The SMILES string of the molecule is O=C(Nc1ccc(Cl)cc1)N1CCN(c2ccc(-c3ccc(F)cc3)nn2)CC1. The van der Waals surface area contributed by atoms with E-state index in [0.29, 0.717) is 42.6 Å². The summed E-state index contributed by atoms with van der Waals surface area (Å²) in [6.45, 7) is 2.50. The van der Waals surface area contributed by atoms with Crippen molar-refractivity contribution in [3.05, 3.63) is 71.5 Å². The first-order valence-electron chi connectivity index (χ1n) is 9.24. The Kier molecular flexibility index (Phi) is 5.57. The molecule has 148 valence electrons. The zero-order valence-corrected chi connectivity index (χ0v) is 16.3. The van der Waals surface area contributed by atoms with Gasteiger partial charge in [-0.1, -0.05) is 11.6 Å². The quantitative estimate of drug-likeness (QED) is 0.698. The molecule has 0 unspecified atom stereocenters. The number of hydrogen-bond acceptors (Lipinski definition) is 4. The van der Waals surface area contributed by atoms with E-state index in [-0.39, 0.29) is 11.8 Å². The van der Waals surface area contributed by atoms with Crippen molar-refractivity contribution < 1.29 is 9.18 Å². The Balaban J connectivity index is 1.33. The minimum absolute atomic E-state index is 0.135. The molecule has 0 atom stereocenters. The Morgan fingerprint density at radius 1 is 0.897 bits per heavy atom. The lowest BCUT2D eigenvalue weighted by molar-refractivity contribution is 0.208. The summed E-state index contributed by atoms with van der Waals surface area (Å²) in [6, 6.07) is 16.8. The molecule has 2 amide bonds. The van der Waals surface area contributed by atoms with Crippen LogP contribution in [0.2, 0.25) is 5.02 Å². The van der Waals surface area contributed by atoms with Gasteiger partial charge in [0, 0.05) is 42.5 Å². The van der Waals surface area contributed by atoms with E-state index in [1.165, 1.54) is 12.1 Å². The summed E-state index contributed by atoms with van der Waals surface area (Å²) >= 11 is 5.87. The van der Waals surface area contributed by atoms with E-state index >= 15 is 0 Å². The number of nitrogens with zero attached hydrogens (tertiary/aromatic N) is 4. The molecule has 4 rings (SSSR count). The van der Waals surface area contributed by atoms with Crippen molar-refractivity contribution in [2.24, 2.45) is 0 Å². The van der Waals surface area contributed by atoms with Gasteiger partial charge in [-0.15, -0.1) is 10.2 Å². The number of halogens is 2. The second-order valence-electron chi connectivity index (χ2n) is 6.69. The van der Waals surface area contributed by atoms with E-state index in [4.69, 9.17) is 11.6 Å². The summed E-state index contributed by atoms with van der Waals surface area (Å²) in [6.07, 6.45) is 0. The summed E-state index contributed by atoms with van der Waals surface area (Å²) < 4.78 is 13.1. The maximum atomic E-state index is 13.1. The van der Waals surface area contributed by atoms with Crippen LogP contribution in [-0.4, -0.2) is 47.3 Å². The predicted molar refractivity (Wildman–Crippen MR) is 112 cm³/mol. The molecule has 1 aliphatic heterocycles. The maximum Gasteiger partial charge on any atom is 0.321 e. The van der Waals surface area contributed by atoms with Crippen LogP contribution in [0.15, 0.2) is 60.7 Å². The summed E-state index contributed by atoms with van der Waals surface area (Å²) in [7, 11) is 0. The summed E-state index contributed by atoms with van der Waals surface area (Å²) in [5, 5.41) is 12.1. The Hall–Kier alpha value is -3.19. The molecule has 2 heterocycles. The van der Waals surface area contributed by atoms with Crippen LogP contribution >= 0.6 is 11.6 Å². The zero-order chi connectivity index (χ0) is 20.2. The third kappa shape index (κ3) is 4.63. The number of anilines is 2. The molecule has 2 aromatic carbocycles. The zero-order valence-electron chi connectivity index (χ0n) is 15.6. The van der Waals surface area contributed by atoms with Gasteiger partial charge in [0.25, 0.3) is 0 Å². The van der Waals surface area contributed by atoms with Crippen molar-refractivity contribution in [1.82, 2.24) is 15.1 Å². The molecule has 0 radical (unpaired) electrons. The fourth-order valence-corrected chi connectivity index (χ4v) is 3.27. The van der Waals surface area contributed by atoms with E-state index in [0.717, 1.165) is 11.4 Å². The van der Waals surface area contributed by atoms with Crippen LogP contribution in [0.25, 0.3) is 11.3 Å². The number of nitrogens with one attached hydrogen (secondary N) is 1.